The number of sulfonamides is 1. The maximum absolute atomic E-state index is 11.7. The second-order valence-electron chi connectivity index (χ2n) is 3.01. The Balaban J connectivity index is 2.72. The molecule has 0 saturated carbocycles. The van der Waals surface area contributed by atoms with Gasteiger partial charge in [-0.05, 0) is 11.4 Å². The molecule has 1 aromatic heterocycles. The van der Waals surface area contributed by atoms with E-state index in [-0.39, 0.29) is 11.6 Å². The molecular weight excluding hydrogens is 254 g/mol. The molecule has 15 heavy (non-hydrogen) atoms. The minimum absolute atomic E-state index is 0.00771. The number of rotatable bonds is 6. The van der Waals surface area contributed by atoms with Crippen molar-refractivity contribution >= 4 is 33.0 Å². The molecule has 6 heteroatoms. The summed E-state index contributed by atoms with van der Waals surface area (Å²) in [5, 5.41) is 1.94. The number of thiophene rings is 1. The van der Waals surface area contributed by atoms with Crippen LogP contribution in [-0.2, 0) is 16.6 Å². The molecular formula is C9H14ClNO2S2. The van der Waals surface area contributed by atoms with Gasteiger partial charge in [0, 0.05) is 23.8 Å². The van der Waals surface area contributed by atoms with Gasteiger partial charge in [0.1, 0.15) is 0 Å². The molecule has 0 amide bonds. The third kappa shape index (κ3) is 3.75. The van der Waals surface area contributed by atoms with Gasteiger partial charge in [-0.2, -0.15) is 4.31 Å². The first-order valence-corrected chi connectivity index (χ1v) is 7.68. The lowest BCUT2D eigenvalue weighted by molar-refractivity contribution is 0.427. The molecule has 0 atom stereocenters. The zero-order chi connectivity index (χ0) is 11.3. The summed E-state index contributed by atoms with van der Waals surface area (Å²) >= 11 is 7.03. The van der Waals surface area contributed by atoms with Gasteiger partial charge in [0.15, 0.2) is 0 Å². The van der Waals surface area contributed by atoms with E-state index in [1.54, 1.807) is 11.3 Å². The Labute approximate surface area is 99.7 Å². The van der Waals surface area contributed by atoms with E-state index in [2.05, 4.69) is 0 Å². The first-order valence-electron chi connectivity index (χ1n) is 4.66. The summed E-state index contributed by atoms with van der Waals surface area (Å²) in [6, 6.07) is 3.85. The van der Waals surface area contributed by atoms with E-state index in [1.165, 1.54) is 4.31 Å². The Bertz CT molecular complexity index is 375. The Hall–Kier alpha value is -0.100. The molecule has 0 N–H and O–H groups in total. The average molecular weight is 268 g/mol. The van der Waals surface area contributed by atoms with E-state index < -0.39 is 10.0 Å². The summed E-state index contributed by atoms with van der Waals surface area (Å²) in [5.41, 5.74) is 0. The van der Waals surface area contributed by atoms with Crippen LogP contribution >= 0.6 is 22.9 Å². The quantitative estimate of drug-likeness (QED) is 0.741. The van der Waals surface area contributed by atoms with Crippen LogP contribution in [0.15, 0.2) is 17.5 Å². The van der Waals surface area contributed by atoms with Gasteiger partial charge < -0.3 is 0 Å². The Morgan fingerprint density at radius 3 is 2.73 bits per heavy atom. The largest absolute Gasteiger partial charge is 0.215 e. The maximum Gasteiger partial charge on any atom is 0.215 e. The first kappa shape index (κ1) is 13.0. The van der Waals surface area contributed by atoms with Gasteiger partial charge in [-0.3, -0.25) is 0 Å². The third-order valence-corrected chi connectivity index (χ3v) is 5.16. The molecule has 1 heterocycles. The van der Waals surface area contributed by atoms with E-state index in [9.17, 15) is 8.42 Å². The van der Waals surface area contributed by atoms with Gasteiger partial charge >= 0.3 is 0 Å². The highest BCUT2D eigenvalue weighted by atomic mass is 35.5. The molecule has 86 valence electrons. The lowest BCUT2D eigenvalue weighted by Crippen LogP contribution is -2.32. The molecule has 3 nitrogen and oxygen atoms in total. The molecule has 1 aromatic rings. The van der Waals surface area contributed by atoms with Crippen molar-refractivity contribution < 1.29 is 8.42 Å². The number of hydrogen-bond donors (Lipinski definition) is 0. The van der Waals surface area contributed by atoms with Crippen molar-refractivity contribution in [1.29, 1.82) is 0 Å². The summed E-state index contributed by atoms with van der Waals surface area (Å²) in [4.78, 5) is 1.05. The van der Waals surface area contributed by atoms with Crippen LogP contribution in [0.5, 0.6) is 0 Å². The van der Waals surface area contributed by atoms with Crippen LogP contribution in [0.1, 0.15) is 11.8 Å². The van der Waals surface area contributed by atoms with Crippen LogP contribution in [0.25, 0.3) is 0 Å². The maximum atomic E-state index is 11.7. The molecule has 0 aliphatic carbocycles. The standard InChI is InChI=1S/C9H14ClNO2S2/c1-2-11(15(12,13)7-5-10)8-9-4-3-6-14-9/h3-4,6H,2,5,7-8H2,1H3. The second kappa shape index (κ2) is 5.84. The fourth-order valence-electron chi connectivity index (χ4n) is 1.21. The Morgan fingerprint density at radius 2 is 2.27 bits per heavy atom. The molecule has 0 bridgehead atoms. The highest BCUT2D eigenvalue weighted by molar-refractivity contribution is 7.89. The van der Waals surface area contributed by atoms with Crippen molar-refractivity contribution in [3.05, 3.63) is 22.4 Å². The SMILES string of the molecule is CCN(Cc1cccs1)S(=O)(=O)CCCl. The molecule has 0 spiro atoms. The lowest BCUT2D eigenvalue weighted by Gasteiger charge is -2.18. The van der Waals surface area contributed by atoms with Gasteiger partial charge in [0.2, 0.25) is 10.0 Å². The summed E-state index contributed by atoms with van der Waals surface area (Å²) in [5.74, 6) is 0.150. The van der Waals surface area contributed by atoms with Crippen molar-refractivity contribution in [3.8, 4) is 0 Å². The van der Waals surface area contributed by atoms with E-state index in [4.69, 9.17) is 11.6 Å². The van der Waals surface area contributed by atoms with E-state index in [1.807, 2.05) is 24.4 Å². The number of hydrogen-bond acceptors (Lipinski definition) is 3. The predicted octanol–water partition coefficient (Wildman–Crippen LogP) is 2.14. The van der Waals surface area contributed by atoms with Crippen LogP contribution in [0.4, 0.5) is 0 Å². The fourth-order valence-corrected chi connectivity index (χ4v) is 3.78. The van der Waals surface area contributed by atoms with Crippen molar-refractivity contribution in [2.24, 2.45) is 0 Å². The normalized spacial score (nSPS) is 12.2. The second-order valence-corrected chi connectivity index (χ2v) is 6.51. The van der Waals surface area contributed by atoms with E-state index in [0.29, 0.717) is 13.1 Å². The lowest BCUT2D eigenvalue weighted by atomic mass is 10.4. The summed E-state index contributed by atoms with van der Waals surface area (Å²) in [6.07, 6.45) is 0. The summed E-state index contributed by atoms with van der Waals surface area (Å²) < 4.78 is 24.9. The molecule has 0 radical (unpaired) electrons. The van der Waals surface area contributed by atoms with Gasteiger partial charge in [-0.1, -0.05) is 13.0 Å². The van der Waals surface area contributed by atoms with E-state index >= 15 is 0 Å². The highest BCUT2D eigenvalue weighted by Crippen LogP contribution is 2.14. The molecule has 0 saturated heterocycles. The van der Waals surface area contributed by atoms with Crippen LogP contribution in [0.3, 0.4) is 0 Å². The van der Waals surface area contributed by atoms with Crippen LogP contribution < -0.4 is 0 Å². The highest BCUT2D eigenvalue weighted by Gasteiger charge is 2.19. The monoisotopic (exact) mass is 267 g/mol. The third-order valence-electron chi connectivity index (χ3n) is 1.99. The Morgan fingerprint density at radius 1 is 1.53 bits per heavy atom. The van der Waals surface area contributed by atoms with Gasteiger partial charge in [-0.15, -0.1) is 22.9 Å². The van der Waals surface area contributed by atoms with Gasteiger partial charge in [0.25, 0.3) is 0 Å². The zero-order valence-corrected chi connectivity index (χ0v) is 10.9. The molecule has 1 rings (SSSR count). The molecule has 0 aliphatic rings. The van der Waals surface area contributed by atoms with Crippen LogP contribution in [0, 0.1) is 0 Å². The average Bonchev–Trinajstić information content (AvgIpc) is 2.66. The van der Waals surface area contributed by atoms with Crippen molar-refractivity contribution in [2.45, 2.75) is 13.5 Å². The minimum atomic E-state index is -3.19. The number of nitrogens with zero attached hydrogens (tertiary/aromatic N) is 1. The van der Waals surface area contributed by atoms with Gasteiger partial charge in [0.05, 0.1) is 5.75 Å². The smallest absolute Gasteiger partial charge is 0.212 e. The topological polar surface area (TPSA) is 37.4 Å². The molecule has 0 unspecified atom stereocenters. The van der Waals surface area contributed by atoms with Crippen molar-refractivity contribution in [3.63, 3.8) is 0 Å². The molecule has 0 aliphatic heterocycles. The van der Waals surface area contributed by atoms with Crippen molar-refractivity contribution in [1.82, 2.24) is 4.31 Å². The predicted molar refractivity (Wildman–Crippen MR) is 64.9 cm³/mol. The van der Waals surface area contributed by atoms with Crippen LogP contribution in [0.2, 0.25) is 0 Å². The van der Waals surface area contributed by atoms with Crippen LogP contribution in [-0.4, -0.2) is 30.9 Å². The number of alkyl halides is 1. The Kier molecular flexibility index (Phi) is 5.05. The number of halogens is 1. The van der Waals surface area contributed by atoms with Crippen molar-refractivity contribution in [2.75, 3.05) is 18.2 Å². The minimum Gasteiger partial charge on any atom is -0.212 e. The fraction of sp³-hybridized carbons (Fsp3) is 0.556. The molecule has 0 aromatic carbocycles. The summed E-state index contributed by atoms with van der Waals surface area (Å²) in [7, 11) is -3.19. The van der Waals surface area contributed by atoms with Gasteiger partial charge in [-0.25, -0.2) is 8.42 Å². The zero-order valence-electron chi connectivity index (χ0n) is 8.52. The van der Waals surface area contributed by atoms with E-state index in [0.717, 1.165) is 4.88 Å². The molecule has 0 fully saturated rings. The summed E-state index contributed by atoms with van der Waals surface area (Å²) in [6.45, 7) is 2.77. The first-order chi connectivity index (χ1) is 7.10.